The Balaban J connectivity index is 2.02. The molecule has 1 aromatic heterocycles. The van der Waals surface area contributed by atoms with Crippen molar-refractivity contribution in [1.29, 1.82) is 0 Å². The molecule has 32 heavy (non-hydrogen) atoms. The smallest absolute Gasteiger partial charge is 0.480 e. The number of halogens is 3. The molecule has 0 unspecified atom stereocenters. The standard InChI is InChI=1S/C22H21F3N4O3/c1-12-7-13(2)20(14(3)8-12)28-18-10-17(27-21(29-18)26-11-19(30)31)15-5-4-6-16(9-15)32-22(23,24)25/h4-10H,11H2,1-3H3,(H,30,31)(H2,26,27,28,29). The summed E-state index contributed by atoms with van der Waals surface area (Å²) in [6.45, 7) is 5.43. The number of hydrogen-bond donors (Lipinski definition) is 3. The van der Waals surface area contributed by atoms with Crippen molar-refractivity contribution in [1.82, 2.24) is 9.97 Å². The van der Waals surface area contributed by atoms with Gasteiger partial charge in [0.15, 0.2) is 0 Å². The summed E-state index contributed by atoms with van der Waals surface area (Å²) < 4.78 is 41.8. The maximum atomic E-state index is 12.6. The summed E-state index contributed by atoms with van der Waals surface area (Å²) in [6.07, 6.45) is -4.83. The number of carboxylic acid groups (broad SMARTS) is 1. The number of rotatable bonds is 7. The van der Waals surface area contributed by atoms with Crippen molar-refractivity contribution in [2.75, 3.05) is 17.2 Å². The summed E-state index contributed by atoms with van der Waals surface area (Å²) in [5.74, 6) is -1.15. The highest BCUT2D eigenvalue weighted by Gasteiger charge is 2.31. The molecule has 1 heterocycles. The molecule has 0 saturated heterocycles. The minimum Gasteiger partial charge on any atom is -0.480 e. The van der Waals surface area contributed by atoms with Crippen LogP contribution in [0.3, 0.4) is 0 Å². The molecule has 3 N–H and O–H groups in total. The first-order valence-electron chi connectivity index (χ1n) is 9.56. The van der Waals surface area contributed by atoms with E-state index in [1.54, 1.807) is 12.1 Å². The molecule has 0 radical (unpaired) electrons. The van der Waals surface area contributed by atoms with Gasteiger partial charge in [0.05, 0.1) is 5.69 Å². The second-order valence-corrected chi connectivity index (χ2v) is 7.18. The largest absolute Gasteiger partial charge is 0.573 e. The van der Waals surface area contributed by atoms with Crippen LogP contribution in [0.2, 0.25) is 0 Å². The lowest BCUT2D eigenvalue weighted by Gasteiger charge is -2.15. The summed E-state index contributed by atoms with van der Waals surface area (Å²) in [6, 6.07) is 10.9. The molecule has 0 spiro atoms. The van der Waals surface area contributed by atoms with Gasteiger partial charge in [-0.2, -0.15) is 4.98 Å². The highest BCUT2D eigenvalue weighted by atomic mass is 19.4. The van der Waals surface area contributed by atoms with Crippen LogP contribution in [0.4, 0.5) is 30.6 Å². The Morgan fingerprint density at radius 1 is 1.06 bits per heavy atom. The molecule has 168 valence electrons. The zero-order valence-corrected chi connectivity index (χ0v) is 17.5. The van der Waals surface area contributed by atoms with E-state index in [0.717, 1.165) is 22.4 Å². The summed E-state index contributed by atoms with van der Waals surface area (Å²) in [5.41, 5.74) is 4.49. The van der Waals surface area contributed by atoms with Crippen molar-refractivity contribution in [3.8, 4) is 17.0 Å². The van der Waals surface area contributed by atoms with Crippen LogP contribution in [0, 0.1) is 20.8 Å². The van der Waals surface area contributed by atoms with E-state index in [9.17, 15) is 18.0 Å². The van der Waals surface area contributed by atoms with Crippen LogP contribution >= 0.6 is 0 Å². The molecule has 0 atom stereocenters. The molecule has 0 aliphatic heterocycles. The highest BCUT2D eigenvalue weighted by molar-refractivity contribution is 5.74. The van der Waals surface area contributed by atoms with Gasteiger partial charge in [-0.1, -0.05) is 29.8 Å². The lowest BCUT2D eigenvalue weighted by Crippen LogP contribution is -2.17. The van der Waals surface area contributed by atoms with Gasteiger partial charge in [-0.15, -0.1) is 13.2 Å². The van der Waals surface area contributed by atoms with Crippen molar-refractivity contribution in [2.45, 2.75) is 27.1 Å². The number of aryl methyl sites for hydroxylation is 3. The predicted octanol–water partition coefficient (Wildman–Crippen LogP) is 5.21. The van der Waals surface area contributed by atoms with Gasteiger partial charge in [0.25, 0.3) is 0 Å². The van der Waals surface area contributed by atoms with Gasteiger partial charge in [0.2, 0.25) is 5.95 Å². The van der Waals surface area contributed by atoms with Crippen molar-refractivity contribution < 1.29 is 27.8 Å². The van der Waals surface area contributed by atoms with E-state index in [2.05, 4.69) is 25.3 Å². The third-order valence-electron chi connectivity index (χ3n) is 4.42. The van der Waals surface area contributed by atoms with Crippen molar-refractivity contribution >= 4 is 23.4 Å². The average Bonchev–Trinajstić information content (AvgIpc) is 2.68. The molecule has 3 rings (SSSR count). The number of nitrogens with zero attached hydrogens (tertiary/aromatic N) is 2. The van der Waals surface area contributed by atoms with Gasteiger partial charge >= 0.3 is 12.3 Å². The van der Waals surface area contributed by atoms with Crippen LogP contribution in [0.25, 0.3) is 11.3 Å². The molecular weight excluding hydrogens is 425 g/mol. The lowest BCUT2D eigenvalue weighted by atomic mass is 10.1. The van der Waals surface area contributed by atoms with Crippen LogP contribution in [0.5, 0.6) is 5.75 Å². The molecule has 0 aliphatic rings. The van der Waals surface area contributed by atoms with E-state index in [1.807, 2.05) is 32.9 Å². The van der Waals surface area contributed by atoms with E-state index in [4.69, 9.17) is 5.11 Å². The third kappa shape index (κ3) is 6.10. The summed E-state index contributed by atoms with van der Waals surface area (Å²) in [7, 11) is 0. The number of aliphatic carboxylic acids is 1. The lowest BCUT2D eigenvalue weighted by molar-refractivity contribution is -0.274. The van der Waals surface area contributed by atoms with Crippen LogP contribution in [0.15, 0.2) is 42.5 Å². The maximum absolute atomic E-state index is 12.6. The second-order valence-electron chi connectivity index (χ2n) is 7.18. The van der Waals surface area contributed by atoms with Gasteiger partial charge in [0, 0.05) is 17.3 Å². The summed E-state index contributed by atoms with van der Waals surface area (Å²) in [5, 5.41) is 14.8. The van der Waals surface area contributed by atoms with Crippen LogP contribution in [-0.2, 0) is 4.79 Å². The zero-order valence-electron chi connectivity index (χ0n) is 17.5. The van der Waals surface area contributed by atoms with Gasteiger partial charge in [0.1, 0.15) is 18.1 Å². The van der Waals surface area contributed by atoms with Gasteiger partial charge < -0.3 is 20.5 Å². The first-order valence-corrected chi connectivity index (χ1v) is 9.56. The number of hydrogen-bond acceptors (Lipinski definition) is 6. The minimum absolute atomic E-state index is 0.0111. The summed E-state index contributed by atoms with van der Waals surface area (Å²) >= 11 is 0. The third-order valence-corrected chi connectivity index (χ3v) is 4.42. The molecule has 0 saturated carbocycles. The maximum Gasteiger partial charge on any atom is 0.573 e. The number of alkyl halides is 3. The predicted molar refractivity (Wildman–Crippen MR) is 114 cm³/mol. The minimum atomic E-state index is -4.83. The Kier molecular flexibility index (Phi) is 6.52. The molecular formula is C22H21F3N4O3. The average molecular weight is 446 g/mol. The Bertz CT molecular complexity index is 1130. The molecule has 10 heteroatoms. The number of anilines is 3. The quantitative estimate of drug-likeness (QED) is 0.459. The number of carboxylic acids is 1. The Morgan fingerprint density at radius 3 is 2.38 bits per heavy atom. The fourth-order valence-electron chi connectivity index (χ4n) is 3.25. The van der Waals surface area contributed by atoms with Crippen molar-refractivity contribution in [3.05, 3.63) is 59.2 Å². The number of aromatic nitrogens is 2. The highest BCUT2D eigenvalue weighted by Crippen LogP contribution is 2.30. The Morgan fingerprint density at radius 2 is 1.75 bits per heavy atom. The van der Waals surface area contributed by atoms with E-state index in [1.165, 1.54) is 18.2 Å². The monoisotopic (exact) mass is 446 g/mol. The van der Waals surface area contributed by atoms with Gasteiger partial charge in [-0.3, -0.25) is 4.79 Å². The number of nitrogens with one attached hydrogen (secondary N) is 2. The van der Waals surface area contributed by atoms with Gasteiger partial charge in [-0.25, -0.2) is 4.98 Å². The SMILES string of the molecule is Cc1cc(C)c(Nc2cc(-c3cccc(OC(F)(F)F)c3)nc(NCC(=O)O)n2)c(C)c1. The number of carbonyl (C=O) groups is 1. The molecule has 0 bridgehead atoms. The molecule has 0 amide bonds. The molecule has 3 aromatic rings. The van der Waals surface area contributed by atoms with E-state index >= 15 is 0 Å². The number of ether oxygens (including phenoxy) is 1. The normalized spacial score (nSPS) is 11.2. The topological polar surface area (TPSA) is 96.4 Å². The molecule has 0 aliphatic carbocycles. The molecule has 0 fully saturated rings. The number of benzene rings is 2. The van der Waals surface area contributed by atoms with Crippen LogP contribution < -0.4 is 15.4 Å². The van der Waals surface area contributed by atoms with Gasteiger partial charge in [-0.05, 0) is 44.0 Å². The van der Waals surface area contributed by atoms with E-state index in [0.29, 0.717) is 11.4 Å². The second kappa shape index (κ2) is 9.13. The Labute approximate surface area is 182 Å². The van der Waals surface area contributed by atoms with Crippen molar-refractivity contribution in [3.63, 3.8) is 0 Å². The van der Waals surface area contributed by atoms with E-state index < -0.39 is 24.6 Å². The fraction of sp³-hybridized carbons (Fsp3) is 0.227. The van der Waals surface area contributed by atoms with E-state index in [-0.39, 0.29) is 11.6 Å². The zero-order chi connectivity index (χ0) is 23.5. The van der Waals surface area contributed by atoms with Crippen molar-refractivity contribution in [2.24, 2.45) is 0 Å². The molecule has 2 aromatic carbocycles. The molecule has 7 nitrogen and oxygen atoms in total. The fourth-order valence-corrected chi connectivity index (χ4v) is 3.25. The van der Waals surface area contributed by atoms with Crippen LogP contribution in [0.1, 0.15) is 16.7 Å². The van der Waals surface area contributed by atoms with Crippen LogP contribution in [-0.4, -0.2) is 34.0 Å². The first-order chi connectivity index (χ1) is 15.0. The first kappa shape index (κ1) is 22.9. The Hall–Kier alpha value is -3.82. The summed E-state index contributed by atoms with van der Waals surface area (Å²) in [4.78, 5) is 19.5.